The maximum atomic E-state index is 5.68. The Kier molecular flexibility index (Phi) is 3.65. The molecule has 0 aromatic rings. The molecule has 0 N–H and O–H groups in total. The number of methoxy groups -OCH3 is 1. The van der Waals surface area contributed by atoms with Crippen LogP contribution in [-0.4, -0.2) is 15.4 Å². The first kappa shape index (κ1) is 10.6. The topological polar surface area (TPSA) is 18.5 Å². The van der Waals surface area contributed by atoms with Gasteiger partial charge in [-0.25, -0.2) is 0 Å². The van der Waals surface area contributed by atoms with Gasteiger partial charge in [-0.05, 0) is 33.5 Å². The van der Waals surface area contributed by atoms with E-state index in [1.165, 1.54) is 0 Å². The molecule has 0 aromatic heterocycles. The Labute approximate surface area is 70.3 Å². The third-order valence-electron chi connectivity index (χ3n) is 1.26. The zero-order valence-electron chi connectivity index (χ0n) is 8.32. The molecule has 0 spiro atoms. The second-order valence-electron chi connectivity index (χ2n) is 3.53. The lowest BCUT2D eigenvalue weighted by Gasteiger charge is -2.20. The lowest BCUT2D eigenvalue weighted by atomic mass is 10.5. The number of hydrogen-bond donors (Lipinski definition) is 0. The molecule has 0 amide bonds. The van der Waals surface area contributed by atoms with Gasteiger partial charge < -0.3 is 9.16 Å². The van der Waals surface area contributed by atoms with Crippen molar-refractivity contribution in [1.29, 1.82) is 0 Å². The van der Waals surface area contributed by atoms with E-state index in [-0.39, 0.29) is 0 Å². The first-order valence-corrected chi connectivity index (χ1v) is 7.18. The molecule has 0 aliphatic carbocycles. The zero-order chi connectivity index (χ0) is 9.07. The van der Waals surface area contributed by atoms with Crippen LogP contribution in [0.3, 0.4) is 0 Å². The molecule has 0 atom stereocenters. The second-order valence-corrected chi connectivity index (χ2v) is 7.96. The Balaban J connectivity index is 4.17. The van der Waals surface area contributed by atoms with Crippen molar-refractivity contribution in [3.8, 4) is 0 Å². The summed E-state index contributed by atoms with van der Waals surface area (Å²) in [6.45, 7) is 10.3. The summed E-state index contributed by atoms with van der Waals surface area (Å²) in [6, 6.07) is 0. The van der Waals surface area contributed by atoms with Crippen molar-refractivity contribution in [3.63, 3.8) is 0 Å². The van der Waals surface area contributed by atoms with Gasteiger partial charge in [0.25, 0.3) is 0 Å². The monoisotopic (exact) mass is 174 g/mol. The third-order valence-corrected chi connectivity index (χ3v) is 2.18. The van der Waals surface area contributed by atoms with Crippen LogP contribution in [0.25, 0.3) is 0 Å². The minimum absolute atomic E-state index is 0.868. The van der Waals surface area contributed by atoms with Gasteiger partial charge in [-0.2, -0.15) is 0 Å². The van der Waals surface area contributed by atoms with E-state index >= 15 is 0 Å². The molecular formula is C8H18O2Si. The van der Waals surface area contributed by atoms with Crippen molar-refractivity contribution in [3.05, 3.63) is 11.5 Å². The van der Waals surface area contributed by atoms with Gasteiger partial charge in [0.2, 0.25) is 8.32 Å². The first-order valence-electron chi connectivity index (χ1n) is 3.77. The van der Waals surface area contributed by atoms with Crippen molar-refractivity contribution in [2.24, 2.45) is 0 Å². The Bertz CT molecular complexity index is 156. The lowest BCUT2D eigenvalue weighted by molar-refractivity contribution is 0.260. The molecule has 2 nitrogen and oxygen atoms in total. The molecule has 0 aliphatic heterocycles. The zero-order valence-corrected chi connectivity index (χ0v) is 9.32. The Hall–Kier alpha value is -0.443. The molecule has 0 rings (SSSR count). The maximum Gasteiger partial charge on any atom is 0.241 e. The molecule has 0 saturated carbocycles. The average Bonchev–Trinajstić information content (AvgIpc) is 1.82. The largest absolute Gasteiger partial charge is 0.545 e. The van der Waals surface area contributed by atoms with Gasteiger partial charge in [0.15, 0.2) is 0 Å². The van der Waals surface area contributed by atoms with Crippen LogP contribution >= 0.6 is 0 Å². The summed E-state index contributed by atoms with van der Waals surface area (Å²) in [6.07, 6.45) is 0. The van der Waals surface area contributed by atoms with Crippen LogP contribution in [0, 0.1) is 0 Å². The van der Waals surface area contributed by atoms with Crippen molar-refractivity contribution < 1.29 is 9.16 Å². The maximum absolute atomic E-state index is 5.68. The molecule has 0 aromatic carbocycles. The summed E-state index contributed by atoms with van der Waals surface area (Å²) in [7, 11) is 0.222. The number of hydrogen-bond acceptors (Lipinski definition) is 2. The molecule has 11 heavy (non-hydrogen) atoms. The molecule has 0 aliphatic rings. The number of rotatable bonds is 3. The fourth-order valence-electron chi connectivity index (χ4n) is 0.675. The van der Waals surface area contributed by atoms with E-state index in [0.29, 0.717) is 0 Å². The summed E-state index contributed by atoms with van der Waals surface area (Å²) in [5.74, 6) is 1.78. The standard InChI is InChI=1S/C8H18O2Si/c1-7(9-3)8(2)10-11(4,5)6/h1-6H3. The lowest BCUT2D eigenvalue weighted by Crippen LogP contribution is -2.24. The Morgan fingerprint density at radius 3 is 1.73 bits per heavy atom. The van der Waals surface area contributed by atoms with E-state index in [0.717, 1.165) is 11.5 Å². The molecule has 0 radical (unpaired) electrons. The van der Waals surface area contributed by atoms with Gasteiger partial charge in [-0.3, -0.25) is 0 Å². The van der Waals surface area contributed by atoms with Gasteiger partial charge in [0, 0.05) is 0 Å². The highest BCUT2D eigenvalue weighted by Gasteiger charge is 2.16. The SMILES string of the molecule is COC(C)=C(C)O[Si](C)(C)C. The van der Waals surface area contributed by atoms with Gasteiger partial charge in [-0.1, -0.05) is 0 Å². The van der Waals surface area contributed by atoms with E-state index in [9.17, 15) is 0 Å². The van der Waals surface area contributed by atoms with Crippen molar-refractivity contribution in [1.82, 2.24) is 0 Å². The van der Waals surface area contributed by atoms with Gasteiger partial charge in [0.1, 0.15) is 11.5 Å². The smallest absolute Gasteiger partial charge is 0.241 e. The number of allylic oxidation sites excluding steroid dienone is 2. The van der Waals surface area contributed by atoms with Gasteiger partial charge >= 0.3 is 0 Å². The van der Waals surface area contributed by atoms with E-state index < -0.39 is 8.32 Å². The van der Waals surface area contributed by atoms with Gasteiger partial charge in [-0.15, -0.1) is 0 Å². The predicted molar refractivity (Wildman–Crippen MR) is 49.8 cm³/mol. The highest BCUT2D eigenvalue weighted by Crippen LogP contribution is 2.13. The summed E-state index contributed by atoms with van der Waals surface area (Å²) >= 11 is 0. The predicted octanol–water partition coefficient (Wildman–Crippen LogP) is 2.74. The molecule has 0 heterocycles. The fraction of sp³-hybridized carbons (Fsp3) is 0.750. The summed E-state index contributed by atoms with van der Waals surface area (Å²) in [5, 5.41) is 0. The van der Waals surface area contributed by atoms with Crippen molar-refractivity contribution in [2.75, 3.05) is 7.11 Å². The molecule has 66 valence electrons. The minimum atomic E-state index is -1.44. The molecule has 3 heteroatoms. The molecule has 0 unspecified atom stereocenters. The summed E-state index contributed by atoms with van der Waals surface area (Å²) in [4.78, 5) is 0. The summed E-state index contributed by atoms with van der Waals surface area (Å²) in [5.41, 5.74) is 0. The van der Waals surface area contributed by atoms with E-state index in [2.05, 4.69) is 19.6 Å². The van der Waals surface area contributed by atoms with Crippen molar-refractivity contribution >= 4 is 8.32 Å². The average molecular weight is 174 g/mol. The van der Waals surface area contributed by atoms with Gasteiger partial charge in [0.05, 0.1) is 7.11 Å². The van der Waals surface area contributed by atoms with Crippen molar-refractivity contribution in [2.45, 2.75) is 33.5 Å². The van der Waals surface area contributed by atoms with E-state index in [1.54, 1.807) is 7.11 Å². The fourth-order valence-corrected chi connectivity index (χ4v) is 1.74. The van der Waals surface area contributed by atoms with Crippen LogP contribution in [0.1, 0.15) is 13.8 Å². The Morgan fingerprint density at radius 2 is 1.45 bits per heavy atom. The van der Waals surface area contributed by atoms with Crippen LogP contribution in [0.4, 0.5) is 0 Å². The quantitative estimate of drug-likeness (QED) is 0.484. The Morgan fingerprint density at radius 1 is 1.00 bits per heavy atom. The minimum Gasteiger partial charge on any atom is -0.545 e. The molecule has 0 bridgehead atoms. The molecule has 0 saturated heterocycles. The highest BCUT2D eigenvalue weighted by molar-refractivity contribution is 6.70. The van der Waals surface area contributed by atoms with Crippen LogP contribution in [0.15, 0.2) is 11.5 Å². The highest BCUT2D eigenvalue weighted by atomic mass is 28.4. The van der Waals surface area contributed by atoms with Crippen LogP contribution in [0.2, 0.25) is 19.6 Å². The second kappa shape index (κ2) is 3.81. The summed E-state index contributed by atoms with van der Waals surface area (Å²) < 4.78 is 10.7. The normalized spacial score (nSPS) is 14.0. The molecule has 0 fully saturated rings. The van der Waals surface area contributed by atoms with E-state index in [4.69, 9.17) is 9.16 Å². The van der Waals surface area contributed by atoms with Crippen LogP contribution < -0.4 is 0 Å². The third kappa shape index (κ3) is 4.90. The van der Waals surface area contributed by atoms with E-state index in [1.807, 2.05) is 13.8 Å². The van der Waals surface area contributed by atoms with Crippen LogP contribution in [0.5, 0.6) is 0 Å². The number of ether oxygens (including phenoxy) is 1. The first-order chi connectivity index (χ1) is 4.87. The molecular weight excluding hydrogens is 156 g/mol. The van der Waals surface area contributed by atoms with Crippen LogP contribution in [-0.2, 0) is 9.16 Å².